The zero-order chi connectivity index (χ0) is 14.8. The van der Waals surface area contributed by atoms with Crippen LogP contribution in [0.4, 0.5) is 0 Å². The van der Waals surface area contributed by atoms with Crippen LogP contribution in [0.1, 0.15) is 38.3 Å². The fourth-order valence-corrected chi connectivity index (χ4v) is 2.03. The Kier molecular flexibility index (Phi) is 8.07. The Labute approximate surface area is 122 Å². The topological polar surface area (TPSA) is 39.7 Å². The van der Waals surface area contributed by atoms with E-state index < -0.39 is 0 Å². The molecule has 1 atom stereocenters. The minimum atomic E-state index is 0.238. The van der Waals surface area contributed by atoms with Gasteiger partial charge in [-0.25, -0.2) is 0 Å². The Balaban J connectivity index is 2.44. The maximum absolute atomic E-state index is 5.46. The van der Waals surface area contributed by atoms with E-state index in [4.69, 9.17) is 14.2 Å². The summed E-state index contributed by atoms with van der Waals surface area (Å²) in [6, 6.07) is 6.16. The van der Waals surface area contributed by atoms with Crippen LogP contribution in [0.2, 0.25) is 0 Å². The summed E-state index contributed by atoms with van der Waals surface area (Å²) in [5.74, 6) is 1.66. The van der Waals surface area contributed by atoms with Gasteiger partial charge in [-0.05, 0) is 32.4 Å². The van der Waals surface area contributed by atoms with Crippen molar-refractivity contribution in [2.24, 2.45) is 0 Å². The molecule has 0 aliphatic rings. The van der Waals surface area contributed by atoms with Crippen molar-refractivity contribution in [2.75, 3.05) is 34.0 Å². The van der Waals surface area contributed by atoms with E-state index in [9.17, 15) is 0 Å². The van der Waals surface area contributed by atoms with Crippen LogP contribution in [-0.4, -0.2) is 34.0 Å². The van der Waals surface area contributed by atoms with Crippen LogP contribution in [0.3, 0.4) is 0 Å². The van der Waals surface area contributed by atoms with Gasteiger partial charge in [0.25, 0.3) is 0 Å². The van der Waals surface area contributed by atoms with Gasteiger partial charge in [-0.1, -0.05) is 13.0 Å². The van der Waals surface area contributed by atoms with Gasteiger partial charge >= 0.3 is 0 Å². The van der Waals surface area contributed by atoms with Crippen molar-refractivity contribution < 1.29 is 14.2 Å². The summed E-state index contributed by atoms with van der Waals surface area (Å²) in [6.45, 7) is 6.85. The molecule has 0 saturated heterocycles. The number of methoxy groups -OCH3 is 2. The van der Waals surface area contributed by atoms with E-state index in [0.717, 1.165) is 49.7 Å². The van der Waals surface area contributed by atoms with Gasteiger partial charge in [0.05, 0.1) is 14.2 Å². The quantitative estimate of drug-likeness (QED) is 0.669. The van der Waals surface area contributed by atoms with Crippen LogP contribution in [0.5, 0.6) is 11.5 Å². The SMILES string of the molecule is CCCOCCCNC(C)c1ccc(OC)cc1OC. The fourth-order valence-electron chi connectivity index (χ4n) is 2.03. The molecule has 0 fully saturated rings. The molecular formula is C16H27NO3. The molecule has 0 spiro atoms. The lowest BCUT2D eigenvalue weighted by Crippen LogP contribution is -2.21. The van der Waals surface area contributed by atoms with E-state index in [2.05, 4.69) is 19.2 Å². The molecular weight excluding hydrogens is 254 g/mol. The molecule has 0 heterocycles. The molecule has 20 heavy (non-hydrogen) atoms. The van der Waals surface area contributed by atoms with Crippen LogP contribution in [0.25, 0.3) is 0 Å². The maximum Gasteiger partial charge on any atom is 0.127 e. The lowest BCUT2D eigenvalue weighted by Gasteiger charge is -2.18. The monoisotopic (exact) mass is 281 g/mol. The number of hydrogen-bond donors (Lipinski definition) is 1. The molecule has 1 rings (SSSR count). The van der Waals surface area contributed by atoms with Crippen molar-refractivity contribution in [2.45, 2.75) is 32.7 Å². The normalized spacial score (nSPS) is 12.2. The lowest BCUT2D eigenvalue weighted by atomic mass is 10.1. The molecule has 0 aliphatic heterocycles. The second-order valence-electron chi connectivity index (χ2n) is 4.75. The summed E-state index contributed by atoms with van der Waals surface area (Å²) in [6.07, 6.45) is 2.09. The third-order valence-electron chi connectivity index (χ3n) is 3.17. The first-order chi connectivity index (χ1) is 9.72. The van der Waals surface area contributed by atoms with E-state index in [1.165, 1.54) is 0 Å². The maximum atomic E-state index is 5.46. The minimum absolute atomic E-state index is 0.238. The van der Waals surface area contributed by atoms with E-state index in [0.29, 0.717) is 0 Å². The van der Waals surface area contributed by atoms with Gasteiger partial charge in [-0.15, -0.1) is 0 Å². The Morgan fingerprint density at radius 1 is 1.15 bits per heavy atom. The molecule has 0 saturated carbocycles. The zero-order valence-electron chi connectivity index (χ0n) is 13.1. The van der Waals surface area contributed by atoms with Gasteiger partial charge in [0, 0.05) is 30.9 Å². The summed E-state index contributed by atoms with van der Waals surface area (Å²) in [5, 5.41) is 3.49. The molecule has 0 aromatic heterocycles. The van der Waals surface area contributed by atoms with Crippen molar-refractivity contribution in [3.05, 3.63) is 23.8 Å². The summed E-state index contributed by atoms with van der Waals surface area (Å²) in [5.41, 5.74) is 1.14. The Hall–Kier alpha value is -1.26. The number of benzene rings is 1. The van der Waals surface area contributed by atoms with Gasteiger partial charge in [0.15, 0.2) is 0 Å². The molecule has 0 amide bonds. The smallest absolute Gasteiger partial charge is 0.127 e. The lowest BCUT2D eigenvalue weighted by molar-refractivity contribution is 0.131. The van der Waals surface area contributed by atoms with Crippen molar-refractivity contribution in [3.8, 4) is 11.5 Å². The third-order valence-corrected chi connectivity index (χ3v) is 3.17. The van der Waals surface area contributed by atoms with Crippen LogP contribution in [0, 0.1) is 0 Å². The zero-order valence-corrected chi connectivity index (χ0v) is 13.1. The average molecular weight is 281 g/mol. The number of ether oxygens (including phenoxy) is 3. The molecule has 1 N–H and O–H groups in total. The second-order valence-corrected chi connectivity index (χ2v) is 4.75. The molecule has 0 radical (unpaired) electrons. The first-order valence-electron chi connectivity index (χ1n) is 7.26. The fraction of sp³-hybridized carbons (Fsp3) is 0.625. The van der Waals surface area contributed by atoms with E-state index in [1.54, 1.807) is 14.2 Å². The molecule has 0 bridgehead atoms. The Bertz CT molecular complexity index is 382. The van der Waals surface area contributed by atoms with Gasteiger partial charge in [0.1, 0.15) is 11.5 Å². The number of hydrogen-bond acceptors (Lipinski definition) is 4. The van der Waals surface area contributed by atoms with Crippen molar-refractivity contribution in [1.82, 2.24) is 5.32 Å². The summed E-state index contributed by atoms with van der Waals surface area (Å²) >= 11 is 0. The van der Waals surface area contributed by atoms with Gasteiger partial charge in [-0.2, -0.15) is 0 Å². The van der Waals surface area contributed by atoms with Crippen molar-refractivity contribution in [3.63, 3.8) is 0 Å². The number of rotatable bonds is 10. The van der Waals surface area contributed by atoms with Crippen LogP contribution in [-0.2, 0) is 4.74 Å². The summed E-state index contributed by atoms with van der Waals surface area (Å²) in [4.78, 5) is 0. The second kappa shape index (κ2) is 9.61. The summed E-state index contributed by atoms with van der Waals surface area (Å²) in [7, 11) is 3.34. The molecule has 0 aliphatic carbocycles. The highest BCUT2D eigenvalue weighted by Crippen LogP contribution is 2.29. The molecule has 1 aromatic carbocycles. The Morgan fingerprint density at radius 2 is 1.95 bits per heavy atom. The molecule has 4 heteroatoms. The minimum Gasteiger partial charge on any atom is -0.497 e. The van der Waals surface area contributed by atoms with E-state index in [-0.39, 0.29) is 6.04 Å². The van der Waals surface area contributed by atoms with E-state index >= 15 is 0 Å². The molecule has 1 unspecified atom stereocenters. The highest BCUT2D eigenvalue weighted by atomic mass is 16.5. The van der Waals surface area contributed by atoms with Gasteiger partial charge in [0.2, 0.25) is 0 Å². The van der Waals surface area contributed by atoms with Crippen LogP contribution < -0.4 is 14.8 Å². The number of nitrogens with one attached hydrogen (secondary N) is 1. The first-order valence-corrected chi connectivity index (χ1v) is 7.26. The third kappa shape index (κ3) is 5.39. The van der Waals surface area contributed by atoms with E-state index in [1.807, 2.05) is 18.2 Å². The molecule has 4 nitrogen and oxygen atoms in total. The van der Waals surface area contributed by atoms with Crippen LogP contribution >= 0.6 is 0 Å². The molecule has 1 aromatic rings. The average Bonchev–Trinajstić information content (AvgIpc) is 2.49. The largest absolute Gasteiger partial charge is 0.497 e. The highest BCUT2D eigenvalue weighted by Gasteiger charge is 2.11. The van der Waals surface area contributed by atoms with Crippen molar-refractivity contribution >= 4 is 0 Å². The summed E-state index contributed by atoms with van der Waals surface area (Å²) < 4.78 is 16.1. The molecule has 114 valence electrons. The van der Waals surface area contributed by atoms with Crippen LogP contribution in [0.15, 0.2) is 18.2 Å². The van der Waals surface area contributed by atoms with Crippen molar-refractivity contribution in [1.29, 1.82) is 0 Å². The predicted molar refractivity (Wildman–Crippen MR) is 81.7 cm³/mol. The Morgan fingerprint density at radius 3 is 2.60 bits per heavy atom. The van der Waals surface area contributed by atoms with Gasteiger partial charge in [-0.3, -0.25) is 0 Å². The highest BCUT2D eigenvalue weighted by molar-refractivity contribution is 5.42. The predicted octanol–water partition coefficient (Wildman–Crippen LogP) is 3.17. The van der Waals surface area contributed by atoms with Gasteiger partial charge < -0.3 is 19.5 Å². The standard InChI is InChI=1S/C16H27NO3/c1-5-10-20-11-6-9-17-13(2)15-8-7-14(18-3)12-16(15)19-4/h7-8,12-13,17H,5-6,9-11H2,1-4H3. The first kappa shape index (κ1) is 16.8.